The van der Waals surface area contributed by atoms with E-state index in [1.807, 2.05) is 6.92 Å². The van der Waals surface area contributed by atoms with Crippen LogP contribution in [0.5, 0.6) is 0 Å². The van der Waals surface area contributed by atoms with Crippen molar-refractivity contribution < 1.29 is 14.0 Å². The number of benzene rings is 1. The Labute approximate surface area is 99.0 Å². The number of carbonyl (C=O) groups excluding carboxylic acids is 2. The molecule has 0 aliphatic rings. The Morgan fingerprint density at radius 1 is 1.47 bits per heavy atom. The number of hydrogen-bond donors (Lipinski definition) is 2. The average molecular weight is 238 g/mol. The van der Waals surface area contributed by atoms with Crippen LogP contribution in [0.4, 0.5) is 10.1 Å². The molecule has 17 heavy (non-hydrogen) atoms. The first-order valence-electron chi connectivity index (χ1n) is 5.36. The molecule has 0 spiro atoms. The highest BCUT2D eigenvalue weighted by Crippen LogP contribution is 2.15. The van der Waals surface area contributed by atoms with E-state index in [0.29, 0.717) is 12.1 Å². The molecule has 1 atom stereocenters. The second kappa shape index (κ2) is 5.43. The molecular formula is C12H15FN2O2. The Morgan fingerprint density at radius 2 is 2.12 bits per heavy atom. The van der Waals surface area contributed by atoms with Crippen molar-refractivity contribution in [3.8, 4) is 0 Å². The third-order valence-corrected chi connectivity index (χ3v) is 2.56. The first-order chi connectivity index (χ1) is 7.95. The van der Waals surface area contributed by atoms with E-state index in [0.717, 1.165) is 6.07 Å². The number of carbonyl (C=O) groups is 2. The molecule has 4 nitrogen and oxygen atoms in total. The molecule has 0 aliphatic heterocycles. The molecule has 1 rings (SSSR count). The van der Waals surface area contributed by atoms with Gasteiger partial charge in [0, 0.05) is 11.6 Å². The fourth-order valence-corrected chi connectivity index (χ4v) is 1.24. The predicted octanol–water partition coefficient (Wildman–Crippen LogP) is 1.91. The summed E-state index contributed by atoms with van der Waals surface area (Å²) in [6, 6.07) is 3.73. The average Bonchev–Trinajstić information content (AvgIpc) is 2.30. The Kier molecular flexibility index (Phi) is 4.20. The van der Waals surface area contributed by atoms with E-state index in [9.17, 15) is 14.0 Å². The summed E-state index contributed by atoms with van der Waals surface area (Å²) in [7, 11) is 0. The molecule has 5 heteroatoms. The number of hydrogen-bond acceptors (Lipinski definition) is 2. The molecule has 0 heterocycles. The molecule has 2 amide bonds. The largest absolute Gasteiger partial charge is 0.366 e. The van der Waals surface area contributed by atoms with Crippen molar-refractivity contribution in [2.45, 2.75) is 20.3 Å². The van der Waals surface area contributed by atoms with Crippen LogP contribution in [-0.4, -0.2) is 11.8 Å². The summed E-state index contributed by atoms with van der Waals surface area (Å²) < 4.78 is 13.2. The molecule has 1 aromatic rings. The van der Waals surface area contributed by atoms with Crippen LogP contribution >= 0.6 is 0 Å². The third kappa shape index (κ3) is 3.27. The number of primary amides is 1. The highest BCUT2D eigenvalue weighted by molar-refractivity contribution is 5.97. The van der Waals surface area contributed by atoms with E-state index < -0.39 is 11.7 Å². The van der Waals surface area contributed by atoms with Crippen LogP contribution in [-0.2, 0) is 4.79 Å². The Morgan fingerprint density at radius 3 is 2.65 bits per heavy atom. The summed E-state index contributed by atoms with van der Waals surface area (Å²) >= 11 is 0. The van der Waals surface area contributed by atoms with E-state index in [2.05, 4.69) is 5.32 Å². The van der Waals surface area contributed by atoms with Crippen molar-refractivity contribution in [1.82, 2.24) is 0 Å². The number of amides is 2. The van der Waals surface area contributed by atoms with Gasteiger partial charge in [-0.05, 0) is 24.6 Å². The zero-order chi connectivity index (χ0) is 13.0. The smallest absolute Gasteiger partial charge is 0.251 e. The lowest BCUT2D eigenvalue weighted by atomic mass is 10.1. The zero-order valence-electron chi connectivity index (χ0n) is 9.79. The number of rotatable bonds is 4. The standard InChI is InChI=1S/C12H15FN2O2/c1-3-7(2)12(17)15-8-4-5-10(13)9(6-8)11(14)16/h4-7H,3H2,1-2H3,(H2,14,16)(H,15,17)/t7-/m1/s1. The molecule has 0 saturated heterocycles. The maximum absolute atomic E-state index is 13.2. The number of anilines is 1. The quantitative estimate of drug-likeness (QED) is 0.841. The van der Waals surface area contributed by atoms with E-state index in [1.54, 1.807) is 6.92 Å². The molecule has 1 aromatic carbocycles. The lowest BCUT2D eigenvalue weighted by Crippen LogP contribution is -2.20. The van der Waals surface area contributed by atoms with Gasteiger partial charge in [-0.1, -0.05) is 13.8 Å². The number of nitrogens with two attached hydrogens (primary N) is 1. The van der Waals surface area contributed by atoms with Gasteiger partial charge in [-0.25, -0.2) is 4.39 Å². The minimum atomic E-state index is -0.859. The predicted molar refractivity (Wildman–Crippen MR) is 63.0 cm³/mol. The van der Waals surface area contributed by atoms with Crippen LogP contribution in [0.15, 0.2) is 18.2 Å². The first kappa shape index (κ1) is 13.2. The number of nitrogens with one attached hydrogen (secondary N) is 1. The van der Waals surface area contributed by atoms with Gasteiger partial charge in [-0.15, -0.1) is 0 Å². The van der Waals surface area contributed by atoms with E-state index >= 15 is 0 Å². The van der Waals surface area contributed by atoms with Gasteiger partial charge >= 0.3 is 0 Å². The maximum Gasteiger partial charge on any atom is 0.251 e. The molecule has 3 N–H and O–H groups in total. The summed E-state index contributed by atoms with van der Waals surface area (Å²) in [5.74, 6) is -1.87. The van der Waals surface area contributed by atoms with Crippen molar-refractivity contribution in [3.05, 3.63) is 29.6 Å². The third-order valence-electron chi connectivity index (χ3n) is 2.56. The van der Waals surface area contributed by atoms with Crippen molar-refractivity contribution in [2.75, 3.05) is 5.32 Å². The minimum Gasteiger partial charge on any atom is -0.366 e. The van der Waals surface area contributed by atoms with Gasteiger partial charge in [0.1, 0.15) is 5.82 Å². The Hall–Kier alpha value is -1.91. The van der Waals surface area contributed by atoms with Gasteiger partial charge in [-0.3, -0.25) is 9.59 Å². The molecule has 0 aromatic heterocycles. The summed E-state index contributed by atoms with van der Waals surface area (Å²) in [6.45, 7) is 3.68. The lowest BCUT2D eigenvalue weighted by molar-refractivity contribution is -0.119. The topological polar surface area (TPSA) is 72.2 Å². The molecule has 0 unspecified atom stereocenters. The second-order valence-electron chi connectivity index (χ2n) is 3.86. The fraction of sp³-hybridized carbons (Fsp3) is 0.333. The molecule has 0 radical (unpaired) electrons. The van der Waals surface area contributed by atoms with E-state index in [4.69, 9.17) is 5.73 Å². The molecule has 0 saturated carbocycles. The van der Waals surface area contributed by atoms with Crippen molar-refractivity contribution >= 4 is 17.5 Å². The van der Waals surface area contributed by atoms with Gasteiger partial charge < -0.3 is 11.1 Å². The van der Waals surface area contributed by atoms with Crippen LogP contribution in [0, 0.1) is 11.7 Å². The monoisotopic (exact) mass is 238 g/mol. The van der Waals surface area contributed by atoms with Crippen molar-refractivity contribution in [2.24, 2.45) is 11.7 Å². The summed E-state index contributed by atoms with van der Waals surface area (Å²) in [4.78, 5) is 22.5. The minimum absolute atomic E-state index is 0.142. The SMILES string of the molecule is CC[C@@H](C)C(=O)Nc1ccc(F)c(C(N)=O)c1. The van der Waals surface area contributed by atoms with Gasteiger partial charge in [0.15, 0.2) is 0 Å². The van der Waals surface area contributed by atoms with E-state index in [-0.39, 0.29) is 17.4 Å². The molecule has 0 fully saturated rings. The molecule has 0 aliphatic carbocycles. The Balaban J connectivity index is 2.90. The maximum atomic E-state index is 13.2. The number of halogens is 1. The molecule has 92 valence electrons. The van der Waals surface area contributed by atoms with Gasteiger partial charge in [0.25, 0.3) is 5.91 Å². The lowest BCUT2D eigenvalue weighted by Gasteiger charge is -2.10. The fourth-order valence-electron chi connectivity index (χ4n) is 1.24. The highest BCUT2D eigenvalue weighted by Gasteiger charge is 2.13. The summed E-state index contributed by atoms with van der Waals surface area (Å²) in [5.41, 5.74) is 5.15. The van der Waals surface area contributed by atoms with Gasteiger partial charge in [0.05, 0.1) is 5.56 Å². The van der Waals surface area contributed by atoms with Gasteiger partial charge in [0.2, 0.25) is 5.91 Å². The zero-order valence-corrected chi connectivity index (χ0v) is 9.79. The van der Waals surface area contributed by atoms with Crippen molar-refractivity contribution in [3.63, 3.8) is 0 Å². The normalized spacial score (nSPS) is 11.9. The highest BCUT2D eigenvalue weighted by atomic mass is 19.1. The van der Waals surface area contributed by atoms with Crippen molar-refractivity contribution in [1.29, 1.82) is 0 Å². The van der Waals surface area contributed by atoms with E-state index in [1.165, 1.54) is 12.1 Å². The first-order valence-corrected chi connectivity index (χ1v) is 5.36. The van der Waals surface area contributed by atoms with Crippen LogP contribution in [0.2, 0.25) is 0 Å². The van der Waals surface area contributed by atoms with Crippen LogP contribution < -0.4 is 11.1 Å². The second-order valence-corrected chi connectivity index (χ2v) is 3.86. The Bertz CT molecular complexity index is 446. The van der Waals surface area contributed by atoms with Crippen LogP contribution in [0.1, 0.15) is 30.6 Å². The summed E-state index contributed by atoms with van der Waals surface area (Å²) in [6.07, 6.45) is 0.704. The van der Waals surface area contributed by atoms with Crippen LogP contribution in [0.25, 0.3) is 0 Å². The van der Waals surface area contributed by atoms with Crippen LogP contribution in [0.3, 0.4) is 0 Å². The summed E-state index contributed by atoms with van der Waals surface area (Å²) in [5, 5.41) is 2.60. The molecular weight excluding hydrogens is 223 g/mol. The molecule has 0 bridgehead atoms. The van der Waals surface area contributed by atoms with Gasteiger partial charge in [-0.2, -0.15) is 0 Å².